The Labute approximate surface area is 79.0 Å². The van der Waals surface area contributed by atoms with E-state index in [1.165, 1.54) is 12.1 Å². The summed E-state index contributed by atoms with van der Waals surface area (Å²) in [4.78, 5) is 0. The first-order chi connectivity index (χ1) is 6.63. The predicted molar refractivity (Wildman–Crippen MR) is 46.0 cm³/mol. The van der Waals surface area contributed by atoms with Crippen LogP contribution in [0.1, 0.15) is 0 Å². The van der Waals surface area contributed by atoms with Gasteiger partial charge in [0.05, 0.1) is 0 Å². The van der Waals surface area contributed by atoms with Gasteiger partial charge >= 0.3 is 0 Å². The lowest BCUT2D eigenvalue weighted by Gasteiger charge is -1.95. The minimum absolute atomic E-state index is 0.132. The minimum atomic E-state index is -3.53. The summed E-state index contributed by atoms with van der Waals surface area (Å²) >= 11 is 0. The molecular formula is C6H5N5O2S. The number of fused-ring (bicyclic) bond motifs is 1. The average molecular weight is 211 g/mol. The van der Waals surface area contributed by atoms with E-state index in [0.29, 0.717) is 5.65 Å². The maximum absolute atomic E-state index is 11.3. The summed E-state index contributed by atoms with van der Waals surface area (Å²) in [7, 11) is -3.53. The second-order valence-electron chi connectivity index (χ2n) is 2.41. The molecule has 14 heavy (non-hydrogen) atoms. The lowest BCUT2D eigenvalue weighted by Crippen LogP contribution is -2.04. The Morgan fingerprint density at radius 2 is 2.21 bits per heavy atom. The highest BCUT2D eigenvalue weighted by Gasteiger charge is 2.12. The Kier molecular flexibility index (Phi) is 1.78. The number of hydrogen-bond acceptors (Lipinski definition) is 6. The van der Waals surface area contributed by atoms with Crippen molar-refractivity contribution in [2.24, 2.45) is 0 Å². The standard InChI is InChI=1S/C6H5N5O2S/c1-2-14(12,13)6-4-3-5-7-9-10-11(5)8-6/h2-4H,1H2. The monoisotopic (exact) mass is 211 g/mol. The Balaban J connectivity index is 2.71. The number of rotatable bonds is 2. The van der Waals surface area contributed by atoms with Crippen molar-refractivity contribution in [1.29, 1.82) is 0 Å². The molecule has 2 heterocycles. The topological polar surface area (TPSA) is 90.1 Å². The lowest BCUT2D eigenvalue weighted by molar-refractivity contribution is 0.593. The van der Waals surface area contributed by atoms with Gasteiger partial charge in [-0.1, -0.05) is 6.58 Å². The molecule has 2 rings (SSSR count). The molecule has 0 aliphatic heterocycles. The van der Waals surface area contributed by atoms with Crippen LogP contribution in [0.5, 0.6) is 0 Å². The van der Waals surface area contributed by atoms with Crippen molar-refractivity contribution in [1.82, 2.24) is 25.3 Å². The van der Waals surface area contributed by atoms with Crippen molar-refractivity contribution in [2.45, 2.75) is 5.03 Å². The van der Waals surface area contributed by atoms with E-state index in [0.717, 1.165) is 10.0 Å². The Bertz CT molecular complexity index is 587. The van der Waals surface area contributed by atoms with Gasteiger partial charge in [-0.05, 0) is 22.6 Å². The third kappa shape index (κ3) is 1.25. The van der Waals surface area contributed by atoms with E-state index >= 15 is 0 Å². The molecule has 2 aromatic rings. The number of tetrazole rings is 1. The van der Waals surface area contributed by atoms with Crippen LogP contribution in [0.3, 0.4) is 0 Å². The summed E-state index contributed by atoms with van der Waals surface area (Å²) in [5, 5.41) is 14.8. The van der Waals surface area contributed by atoms with E-state index in [-0.39, 0.29) is 5.03 Å². The lowest BCUT2D eigenvalue weighted by atomic mass is 10.6. The van der Waals surface area contributed by atoms with Gasteiger partial charge in [0.15, 0.2) is 10.7 Å². The van der Waals surface area contributed by atoms with Crippen molar-refractivity contribution >= 4 is 15.5 Å². The highest BCUT2D eigenvalue weighted by molar-refractivity contribution is 7.94. The molecule has 2 aromatic heterocycles. The average Bonchev–Trinajstić information content (AvgIpc) is 2.64. The number of aromatic nitrogens is 5. The number of hydrogen-bond donors (Lipinski definition) is 0. The van der Waals surface area contributed by atoms with Gasteiger partial charge in [-0.3, -0.25) is 0 Å². The van der Waals surface area contributed by atoms with Crippen LogP contribution in [0.4, 0.5) is 0 Å². The zero-order valence-corrected chi connectivity index (χ0v) is 7.72. The highest BCUT2D eigenvalue weighted by atomic mass is 32.2. The van der Waals surface area contributed by atoms with Gasteiger partial charge in [-0.25, -0.2) is 8.42 Å². The molecule has 0 N–H and O–H groups in total. The SMILES string of the molecule is C=CS(=O)(=O)c1ccc2nnnn2n1. The molecule has 0 unspecified atom stereocenters. The van der Waals surface area contributed by atoms with Crippen LogP contribution in [0, 0.1) is 0 Å². The van der Waals surface area contributed by atoms with Crippen molar-refractivity contribution in [3.63, 3.8) is 0 Å². The summed E-state index contributed by atoms with van der Waals surface area (Å²) in [6.07, 6.45) is 0. The second kappa shape index (κ2) is 2.84. The zero-order valence-electron chi connectivity index (χ0n) is 6.90. The van der Waals surface area contributed by atoms with Crippen LogP contribution >= 0.6 is 0 Å². The molecule has 0 atom stereocenters. The fraction of sp³-hybridized carbons (Fsp3) is 0. The van der Waals surface area contributed by atoms with Crippen LogP contribution in [0.25, 0.3) is 5.65 Å². The maximum Gasteiger partial charge on any atom is 0.218 e. The van der Waals surface area contributed by atoms with E-state index in [1.54, 1.807) is 0 Å². The van der Waals surface area contributed by atoms with E-state index in [4.69, 9.17) is 0 Å². The summed E-state index contributed by atoms with van der Waals surface area (Å²) in [6.45, 7) is 3.19. The van der Waals surface area contributed by atoms with Crippen LogP contribution in [-0.4, -0.2) is 33.7 Å². The van der Waals surface area contributed by atoms with Crippen molar-refractivity contribution in [3.8, 4) is 0 Å². The molecule has 0 saturated heterocycles. The van der Waals surface area contributed by atoms with E-state index in [1.807, 2.05) is 0 Å². The van der Waals surface area contributed by atoms with Gasteiger partial charge in [0, 0.05) is 5.41 Å². The Morgan fingerprint density at radius 3 is 2.93 bits per heavy atom. The molecule has 0 saturated carbocycles. The molecule has 0 spiro atoms. The first-order valence-electron chi connectivity index (χ1n) is 3.56. The molecule has 0 aliphatic carbocycles. The molecule has 0 amide bonds. The quantitative estimate of drug-likeness (QED) is 0.661. The molecule has 0 bridgehead atoms. The molecule has 0 radical (unpaired) electrons. The first-order valence-corrected chi connectivity index (χ1v) is 5.11. The van der Waals surface area contributed by atoms with Crippen LogP contribution < -0.4 is 0 Å². The predicted octanol–water partition coefficient (Wildman–Crippen LogP) is -0.564. The first kappa shape index (κ1) is 8.75. The second-order valence-corrected chi connectivity index (χ2v) is 4.25. The van der Waals surface area contributed by atoms with Crippen LogP contribution in [0.2, 0.25) is 0 Å². The Hall–Kier alpha value is -1.83. The highest BCUT2D eigenvalue weighted by Crippen LogP contribution is 2.07. The fourth-order valence-corrected chi connectivity index (χ4v) is 1.49. The van der Waals surface area contributed by atoms with Crippen molar-refractivity contribution in [3.05, 3.63) is 24.1 Å². The van der Waals surface area contributed by atoms with Gasteiger partial charge in [0.2, 0.25) is 9.84 Å². The normalized spacial score (nSPS) is 11.7. The summed E-state index contributed by atoms with van der Waals surface area (Å²) in [6, 6.07) is 2.78. The number of nitrogens with zero attached hydrogens (tertiary/aromatic N) is 5. The van der Waals surface area contributed by atoms with E-state index < -0.39 is 9.84 Å². The van der Waals surface area contributed by atoms with Gasteiger partial charge in [0.25, 0.3) is 0 Å². The molecule has 0 aromatic carbocycles. The Morgan fingerprint density at radius 1 is 1.43 bits per heavy atom. The molecular weight excluding hydrogens is 206 g/mol. The molecule has 7 nitrogen and oxygen atoms in total. The van der Waals surface area contributed by atoms with Gasteiger partial charge < -0.3 is 0 Å². The van der Waals surface area contributed by atoms with E-state index in [2.05, 4.69) is 27.2 Å². The van der Waals surface area contributed by atoms with Gasteiger partial charge in [-0.15, -0.1) is 14.8 Å². The minimum Gasteiger partial charge on any atom is -0.217 e. The summed E-state index contributed by atoms with van der Waals surface area (Å²) < 4.78 is 23.6. The third-order valence-electron chi connectivity index (χ3n) is 1.56. The van der Waals surface area contributed by atoms with Crippen LogP contribution in [0.15, 0.2) is 29.1 Å². The largest absolute Gasteiger partial charge is 0.218 e. The molecule has 0 aliphatic rings. The van der Waals surface area contributed by atoms with E-state index in [9.17, 15) is 8.42 Å². The molecule has 0 fully saturated rings. The molecule has 8 heteroatoms. The van der Waals surface area contributed by atoms with Gasteiger partial charge in [0.1, 0.15) is 0 Å². The van der Waals surface area contributed by atoms with Crippen LogP contribution in [-0.2, 0) is 9.84 Å². The molecule has 72 valence electrons. The smallest absolute Gasteiger partial charge is 0.217 e. The maximum atomic E-state index is 11.3. The van der Waals surface area contributed by atoms with Crippen molar-refractivity contribution < 1.29 is 8.42 Å². The van der Waals surface area contributed by atoms with Crippen molar-refractivity contribution in [2.75, 3.05) is 0 Å². The summed E-state index contributed by atoms with van der Waals surface area (Å²) in [5.41, 5.74) is 0.382. The summed E-state index contributed by atoms with van der Waals surface area (Å²) in [5.74, 6) is 0. The van der Waals surface area contributed by atoms with Gasteiger partial charge in [-0.2, -0.15) is 0 Å². The fourth-order valence-electron chi connectivity index (χ4n) is 0.870. The number of sulfone groups is 1. The third-order valence-corrected chi connectivity index (χ3v) is 2.80. The zero-order chi connectivity index (χ0) is 10.2.